The van der Waals surface area contributed by atoms with E-state index in [0.717, 1.165) is 12.0 Å². The monoisotopic (exact) mass is 422 g/mol. The van der Waals surface area contributed by atoms with E-state index in [1.807, 2.05) is 0 Å². The van der Waals surface area contributed by atoms with E-state index in [1.165, 1.54) is 4.31 Å². The molecule has 29 heavy (non-hydrogen) atoms. The van der Waals surface area contributed by atoms with Crippen molar-refractivity contribution in [1.82, 2.24) is 19.8 Å². The first kappa shape index (κ1) is 21.4. The van der Waals surface area contributed by atoms with Crippen molar-refractivity contribution in [2.24, 2.45) is 0 Å². The van der Waals surface area contributed by atoms with Gasteiger partial charge in [0.2, 0.25) is 21.8 Å². The van der Waals surface area contributed by atoms with Gasteiger partial charge in [0, 0.05) is 32.5 Å². The van der Waals surface area contributed by atoms with Gasteiger partial charge >= 0.3 is 0 Å². The standard InChI is InChI=1S/C19H26N4O5S/c1-15-21-19(28-22-15)3-2-10-20-18(24)9-6-16-4-7-17(8-5-16)29(25,26)23-11-13-27-14-12-23/h4-5,7-8H,2-3,6,9-14H2,1H3,(H,20,24). The van der Waals surface area contributed by atoms with Gasteiger partial charge in [-0.1, -0.05) is 17.3 Å². The topological polar surface area (TPSA) is 115 Å². The van der Waals surface area contributed by atoms with E-state index in [4.69, 9.17) is 9.26 Å². The van der Waals surface area contributed by atoms with Crippen molar-refractivity contribution < 1.29 is 22.5 Å². The Hall–Kier alpha value is -2.30. The fourth-order valence-electron chi connectivity index (χ4n) is 3.02. The van der Waals surface area contributed by atoms with E-state index in [0.29, 0.717) is 63.8 Å². The molecule has 9 nitrogen and oxygen atoms in total. The van der Waals surface area contributed by atoms with E-state index in [-0.39, 0.29) is 10.8 Å². The molecule has 0 saturated carbocycles. The number of sulfonamides is 1. The van der Waals surface area contributed by atoms with Crippen LogP contribution < -0.4 is 5.32 Å². The molecule has 1 amide bonds. The van der Waals surface area contributed by atoms with Crippen molar-refractivity contribution in [2.45, 2.75) is 37.5 Å². The second-order valence-corrected chi connectivity index (χ2v) is 8.79. The Balaban J connectivity index is 1.40. The van der Waals surface area contributed by atoms with E-state index >= 15 is 0 Å². The largest absolute Gasteiger partial charge is 0.379 e. The summed E-state index contributed by atoms with van der Waals surface area (Å²) in [6, 6.07) is 6.73. The number of ether oxygens (including phenoxy) is 1. The Morgan fingerprint density at radius 1 is 1.17 bits per heavy atom. The SMILES string of the molecule is Cc1noc(CCCNC(=O)CCc2ccc(S(=O)(=O)N3CCOCC3)cc2)n1. The van der Waals surface area contributed by atoms with Crippen molar-refractivity contribution in [3.05, 3.63) is 41.5 Å². The first-order valence-corrected chi connectivity index (χ1v) is 11.1. The summed E-state index contributed by atoms with van der Waals surface area (Å²) < 4.78 is 36.9. The molecule has 1 saturated heterocycles. The molecular weight excluding hydrogens is 396 g/mol. The summed E-state index contributed by atoms with van der Waals surface area (Å²) in [6.45, 7) is 3.88. The maximum atomic E-state index is 12.6. The molecule has 1 aromatic heterocycles. The van der Waals surface area contributed by atoms with Crippen LogP contribution in [0.5, 0.6) is 0 Å². The van der Waals surface area contributed by atoms with Crippen LogP contribution in [0.4, 0.5) is 0 Å². The predicted octanol–water partition coefficient (Wildman–Crippen LogP) is 1.08. The van der Waals surface area contributed by atoms with Crippen LogP contribution in [0.15, 0.2) is 33.7 Å². The molecule has 0 atom stereocenters. The number of aromatic nitrogens is 2. The molecule has 158 valence electrons. The first-order valence-electron chi connectivity index (χ1n) is 9.68. The van der Waals surface area contributed by atoms with Gasteiger partial charge in [0.15, 0.2) is 5.82 Å². The van der Waals surface area contributed by atoms with Crippen LogP contribution >= 0.6 is 0 Å². The molecule has 10 heteroatoms. The zero-order valence-corrected chi connectivity index (χ0v) is 17.3. The van der Waals surface area contributed by atoms with E-state index in [9.17, 15) is 13.2 Å². The highest BCUT2D eigenvalue weighted by Crippen LogP contribution is 2.18. The third-order valence-electron chi connectivity index (χ3n) is 4.63. The third kappa shape index (κ3) is 6.09. The van der Waals surface area contributed by atoms with Gasteiger partial charge < -0.3 is 14.6 Å². The van der Waals surface area contributed by atoms with Gasteiger partial charge in [-0.15, -0.1) is 0 Å². The van der Waals surface area contributed by atoms with Gasteiger partial charge in [-0.2, -0.15) is 9.29 Å². The number of hydrogen-bond donors (Lipinski definition) is 1. The molecule has 0 radical (unpaired) electrons. The number of carbonyl (C=O) groups excluding carboxylic acids is 1. The summed E-state index contributed by atoms with van der Waals surface area (Å²) >= 11 is 0. The highest BCUT2D eigenvalue weighted by atomic mass is 32.2. The minimum absolute atomic E-state index is 0.0447. The Morgan fingerprint density at radius 2 is 1.90 bits per heavy atom. The van der Waals surface area contributed by atoms with Crippen molar-refractivity contribution >= 4 is 15.9 Å². The summed E-state index contributed by atoms with van der Waals surface area (Å²) in [7, 11) is -3.49. The van der Waals surface area contributed by atoms with Crippen LogP contribution in [0.2, 0.25) is 0 Å². The Morgan fingerprint density at radius 3 is 2.55 bits per heavy atom. The smallest absolute Gasteiger partial charge is 0.243 e. The highest BCUT2D eigenvalue weighted by molar-refractivity contribution is 7.89. The van der Waals surface area contributed by atoms with Gasteiger partial charge in [-0.3, -0.25) is 4.79 Å². The number of nitrogens with one attached hydrogen (secondary N) is 1. The molecule has 1 N–H and O–H groups in total. The van der Waals surface area contributed by atoms with Crippen molar-refractivity contribution in [3.8, 4) is 0 Å². The van der Waals surface area contributed by atoms with Crippen molar-refractivity contribution in [3.63, 3.8) is 0 Å². The number of rotatable bonds is 9. The first-order chi connectivity index (χ1) is 13.9. The normalized spacial score (nSPS) is 15.3. The molecule has 0 spiro atoms. The lowest BCUT2D eigenvalue weighted by molar-refractivity contribution is -0.121. The predicted molar refractivity (Wildman–Crippen MR) is 105 cm³/mol. The molecule has 1 aliphatic heterocycles. The summed E-state index contributed by atoms with van der Waals surface area (Å²) in [5.41, 5.74) is 0.919. The molecule has 2 heterocycles. The Labute approximate surface area is 170 Å². The number of amides is 1. The molecule has 1 aromatic carbocycles. The quantitative estimate of drug-likeness (QED) is 0.601. The van der Waals surface area contributed by atoms with Crippen LogP contribution in [-0.4, -0.2) is 61.6 Å². The van der Waals surface area contributed by atoms with Gasteiger partial charge in [-0.05, 0) is 37.5 Å². The fraction of sp³-hybridized carbons (Fsp3) is 0.526. The lowest BCUT2D eigenvalue weighted by Crippen LogP contribution is -2.40. The average Bonchev–Trinajstić information content (AvgIpc) is 3.15. The van der Waals surface area contributed by atoms with Gasteiger partial charge in [0.1, 0.15) is 0 Å². The number of benzene rings is 1. The van der Waals surface area contributed by atoms with Gasteiger partial charge in [0.05, 0.1) is 18.1 Å². The van der Waals surface area contributed by atoms with Crippen LogP contribution in [-0.2, 0) is 32.4 Å². The van der Waals surface area contributed by atoms with Gasteiger partial charge in [0.25, 0.3) is 0 Å². The average molecular weight is 423 g/mol. The van der Waals surface area contributed by atoms with Crippen molar-refractivity contribution in [2.75, 3.05) is 32.8 Å². The van der Waals surface area contributed by atoms with Gasteiger partial charge in [-0.25, -0.2) is 8.42 Å². The molecular formula is C19H26N4O5S. The molecule has 0 aliphatic carbocycles. The second kappa shape index (κ2) is 9.95. The zero-order chi connectivity index (χ0) is 20.7. The lowest BCUT2D eigenvalue weighted by Gasteiger charge is -2.26. The summed E-state index contributed by atoms with van der Waals surface area (Å²) in [4.78, 5) is 16.4. The van der Waals surface area contributed by atoms with E-state index < -0.39 is 10.0 Å². The number of morpholine rings is 1. The summed E-state index contributed by atoms with van der Waals surface area (Å²) in [5, 5.41) is 6.59. The maximum absolute atomic E-state index is 12.6. The highest BCUT2D eigenvalue weighted by Gasteiger charge is 2.26. The second-order valence-electron chi connectivity index (χ2n) is 6.85. The summed E-state index contributed by atoms with van der Waals surface area (Å²) in [6.07, 6.45) is 2.24. The van der Waals surface area contributed by atoms with Crippen molar-refractivity contribution in [1.29, 1.82) is 0 Å². The Kier molecular flexibility index (Phi) is 7.34. The Bertz CT molecular complexity index is 905. The minimum Gasteiger partial charge on any atom is -0.379 e. The van der Waals surface area contributed by atoms with Crippen LogP contribution in [0.25, 0.3) is 0 Å². The zero-order valence-electron chi connectivity index (χ0n) is 16.5. The third-order valence-corrected chi connectivity index (χ3v) is 6.54. The molecule has 0 unspecified atom stereocenters. The lowest BCUT2D eigenvalue weighted by atomic mass is 10.1. The number of carbonyl (C=O) groups is 1. The van der Waals surface area contributed by atoms with Crippen LogP contribution in [0.1, 0.15) is 30.1 Å². The number of hydrogen-bond acceptors (Lipinski definition) is 7. The minimum atomic E-state index is -3.49. The maximum Gasteiger partial charge on any atom is 0.243 e. The number of aryl methyl sites for hydroxylation is 3. The molecule has 3 rings (SSSR count). The van der Waals surface area contributed by atoms with Crippen LogP contribution in [0.3, 0.4) is 0 Å². The summed E-state index contributed by atoms with van der Waals surface area (Å²) in [5.74, 6) is 1.13. The van der Waals surface area contributed by atoms with Crippen LogP contribution in [0, 0.1) is 6.92 Å². The molecule has 0 bridgehead atoms. The number of nitrogens with zero attached hydrogens (tertiary/aromatic N) is 3. The van der Waals surface area contributed by atoms with E-state index in [2.05, 4.69) is 15.5 Å². The van der Waals surface area contributed by atoms with E-state index in [1.54, 1.807) is 31.2 Å². The molecule has 1 aliphatic rings. The fourth-order valence-corrected chi connectivity index (χ4v) is 4.43. The molecule has 2 aromatic rings. The molecule has 1 fully saturated rings.